The number of urea groups is 1. The van der Waals surface area contributed by atoms with Gasteiger partial charge in [0.15, 0.2) is 5.13 Å². The fourth-order valence-corrected chi connectivity index (χ4v) is 3.27. The van der Waals surface area contributed by atoms with Crippen molar-refractivity contribution in [2.45, 2.75) is 6.42 Å². The molecule has 3 N–H and O–H groups in total. The molecule has 0 spiro atoms. The lowest BCUT2D eigenvalue weighted by atomic mass is 10.3. The van der Waals surface area contributed by atoms with Crippen molar-refractivity contribution in [2.75, 3.05) is 16.0 Å². The second-order valence-corrected chi connectivity index (χ2v) is 7.10. The normalized spacial score (nSPS) is 10.2. The molecule has 1 heterocycles. The van der Waals surface area contributed by atoms with Crippen LogP contribution < -0.4 is 16.0 Å². The lowest BCUT2D eigenvalue weighted by molar-refractivity contribution is -0.115. The predicted molar refractivity (Wildman–Crippen MR) is 108 cm³/mol. The van der Waals surface area contributed by atoms with Crippen LogP contribution in [0.25, 0.3) is 0 Å². The minimum absolute atomic E-state index is 0.130. The number of halogens is 1. The molecule has 1 aromatic heterocycles. The molecule has 0 radical (unpaired) electrons. The number of hydrogen-bond donors (Lipinski definition) is 3. The van der Waals surface area contributed by atoms with Crippen molar-refractivity contribution < 1.29 is 9.59 Å². The third-order valence-corrected chi connectivity index (χ3v) is 4.55. The summed E-state index contributed by atoms with van der Waals surface area (Å²) >= 11 is 4.63. The van der Waals surface area contributed by atoms with Crippen molar-refractivity contribution >= 4 is 55.7 Å². The van der Waals surface area contributed by atoms with Gasteiger partial charge in [-0.15, -0.1) is 11.3 Å². The summed E-state index contributed by atoms with van der Waals surface area (Å²) in [6.45, 7) is 0. The molecule has 0 atom stereocenters. The molecule has 0 aliphatic rings. The number of carbonyl (C=O) groups excluding carboxylic acids is 2. The average molecular weight is 431 g/mol. The molecule has 0 bridgehead atoms. The van der Waals surface area contributed by atoms with Gasteiger partial charge in [-0.25, -0.2) is 9.78 Å². The summed E-state index contributed by atoms with van der Waals surface area (Å²) in [5, 5.41) is 10.4. The molecule has 3 aromatic rings. The number of carbonyl (C=O) groups is 2. The van der Waals surface area contributed by atoms with Crippen LogP contribution >= 0.6 is 27.3 Å². The zero-order valence-corrected chi connectivity index (χ0v) is 15.9. The first-order valence-corrected chi connectivity index (χ1v) is 9.38. The third kappa shape index (κ3) is 5.40. The number of anilines is 3. The van der Waals surface area contributed by atoms with Crippen molar-refractivity contribution in [2.24, 2.45) is 0 Å². The van der Waals surface area contributed by atoms with Crippen molar-refractivity contribution in [1.29, 1.82) is 0 Å². The highest BCUT2D eigenvalue weighted by Crippen LogP contribution is 2.18. The average Bonchev–Trinajstić information content (AvgIpc) is 3.02. The van der Waals surface area contributed by atoms with Gasteiger partial charge in [-0.05, 0) is 30.3 Å². The molecule has 0 unspecified atom stereocenters. The molecule has 3 rings (SSSR count). The van der Waals surface area contributed by atoms with E-state index in [1.54, 1.807) is 17.5 Å². The Hall–Kier alpha value is -2.71. The molecular formula is C18H15BrN4O2S. The highest BCUT2D eigenvalue weighted by atomic mass is 79.9. The second kappa shape index (κ2) is 8.59. The standard InChI is InChI=1S/C18H15BrN4O2S/c19-12-5-4-8-14(9-12)20-16(24)10-15-11-26-18(22-15)23-17(25)21-13-6-2-1-3-7-13/h1-9,11H,10H2,(H,20,24)(H2,21,22,23,25). The zero-order chi connectivity index (χ0) is 18.4. The highest BCUT2D eigenvalue weighted by Gasteiger charge is 2.10. The van der Waals surface area contributed by atoms with Crippen LogP contribution in [-0.4, -0.2) is 16.9 Å². The molecule has 3 amide bonds. The van der Waals surface area contributed by atoms with E-state index in [-0.39, 0.29) is 18.4 Å². The summed E-state index contributed by atoms with van der Waals surface area (Å²) in [5.41, 5.74) is 1.99. The highest BCUT2D eigenvalue weighted by molar-refractivity contribution is 9.10. The van der Waals surface area contributed by atoms with E-state index >= 15 is 0 Å². The topological polar surface area (TPSA) is 83.1 Å². The molecule has 26 heavy (non-hydrogen) atoms. The van der Waals surface area contributed by atoms with Crippen LogP contribution in [0.3, 0.4) is 0 Å². The lowest BCUT2D eigenvalue weighted by Crippen LogP contribution is -2.19. The largest absolute Gasteiger partial charge is 0.326 e. The zero-order valence-electron chi connectivity index (χ0n) is 13.5. The van der Waals surface area contributed by atoms with E-state index in [1.807, 2.05) is 42.5 Å². The molecule has 2 aromatic carbocycles. The number of nitrogens with zero attached hydrogens (tertiary/aromatic N) is 1. The fourth-order valence-electron chi connectivity index (χ4n) is 2.16. The van der Waals surface area contributed by atoms with Crippen molar-refractivity contribution in [1.82, 2.24) is 4.98 Å². The molecule has 132 valence electrons. The summed E-state index contributed by atoms with van der Waals surface area (Å²) in [7, 11) is 0. The van der Waals surface area contributed by atoms with Crippen LogP contribution in [0.15, 0.2) is 64.5 Å². The van der Waals surface area contributed by atoms with E-state index < -0.39 is 0 Å². The van der Waals surface area contributed by atoms with Crippen LogP contribution in [0.2, 0.25) is 0 Å². The molecular weight excluding hydrogens is 416 g/mol. The quantitative estimate of drug-likeness (QED) is 0.546. The van der Waals surface area contributed by atoms with Gasteiger partial charge in [0, 0.05) is 21.2 Å². The van der Waals surface area contributed by atoms with Gasteiger partial charge < -0.3 is 10.6 Å². The van der Waals surface area contributed by atoms with Crippen LogP contribution in [0.5, 0.6) is 0 Å². The number of aromatic nitrogens is 1. The molecule has 0 aliphatic carbocycles. The van der Waals surface area contributed by atoms with E-state index in [9.17, 15) is 9.59 Å². The van der Waals surface area contributed by atoms with Crippen molar-refractivity contribution in [3.8, 4) is 0 Å². The molecule has 6 nitrogen and oxygen atoms in total. The number of thiazole rings is 1. The molecule has 0 fully saturated rings. The summed E-state index contributed by atoms with van der Waals surface area (Å²) < 4.78 is 0.889. The Labute approximate surface area is 162 Å². The van der Waals surface area contributed by atoms with E-state index in [2.05, 4.69) is 36.9 Å². The lowest BCUT2D eigenvalue weighted by Gasteiger charge is -2.05. The summed E-state index contributed by atoms with van der Waals surface area (Å²) in [6, 6.07) is 16.1. The maximum Gasteiger partial charge on any atom is 0.325 e. The summed E-state index contributed by atoms with van der Waals surface area (Å²) in [4.78, 5) is 28.3. The number of para-hydroxylation sites is 1. The van der Waals surface area contributed by atoms with Crippen molar-refractivity contribution in [3.05, 3.63) is 70.1 Å². The van der Waals surface area contributed by atoms with Gasteiger partial charge >= 0.3 is 6.03 Å². The third-order valence-electron chi connectivity index (χ3n) is 3.25. The second-order valence-electron chi connectivity index (χ2n) is 5.32. The van der Waals surface area contributed by atoms with E-state index in [0.29, 0.717) is 22.2 Å². The molecule has 8 heteroatoms. The minimum Gasteiger partial charge on any atom is -0.326 e. The van der Waals surface area contributed by atoms with Gasteiger partial charge in [0.05, 0.1) is 12.1 Å². The minimum atomic E-state index is -0.379. The van der Waals surface area contributed by atoms with Gasteiger partial charge in [0.25, 0.3) is 0 Å². The number of rotatable bonds is 5. The predicted octanol–water partition coefficient (Wildman–Crippen LogP) is 4.73. The van der Waals surface area contributed by atoms with Crippen molar-refractivity contribution in [3.63, 3.8) is 0 Å². The maximum absolute atomic E-state index is 12.1. The first-order chi connectivity index (χ1) is 12.6. The smallest absolute Gasteiger partial charge is 0.325 e. The molecule has 0 saturated heterocycles. The maximum atomic E-state index is 12.1. The SMILES string of the molecule is O=C(Cc1csc(NC(=O)Nc2ccccc2)n1)Nc1cccc(Br)c1. The van der Waals surface area contributed by atoms with Gasteiger partial charge in [0.1, 0.15) is 0 Å². The number of benzene rings is 2. The Kier molecular flexibility index (Phi) is 5.98. The summed E-state index contributed by atoms with van der Waals surface area (Å²) in [6.07, 6.45) is 0.130. The van der Waals surface area contributed by atoms with Gasteiger partial charge in [0.2, 0.25) is 5.91 Å². The van der Waals surface area contributed by atoms with Crippen LogP contribution in [-0.2, 0) is 11.2 Å². The molecule has 0 aliphatic heterocycles. The Morgan fingerprint density at radius 1 is 0.962 bits per heavy atom. The Morgan fingerprint density at radius 2 is 1.73 bits per heavy atom. The number of amides is 3. The van der Waals surface area contributed by atoms with E-state index in [0.717, 1.165) is 4.47 Å². The molecule has 0 saturated carbocycles. The van der Waals surface area contributed by atoms with Crippen LogP contribution in [0.1, 0.15) is 5.69 Å². The first kappa shape index (κ1) is 18.1. The van der Waals surface area contributed by atoms with E-state index in [1.165, 1.54) is 11.3 Å². The summed E-state index contributed by atoms with van der Waals surface area (Å²) in [5.74, 6) is -0.173. The Balaban J connectivity index is 1.52. The fraction of sp³-hybridized carbons (Fsp3) is 0.0556. The van der Waals surface area contributed by atoms with Crippen LogP contribution in [0.4, 0.5) is 21.3 Å². The number of hydrogen-bond acceptors (Lipinski definition) is 4. The first-order valence-electron chi connectivity index (χ1n) is 7.71. The van der Waals surface area contributed by atoms with Gasteiger partial charge in [-0.1, -0.05) is 40.2 Å². The van der Waals surface area contributed by atoms with Crippen LogP contribution in [0, 0.1) is 0 Å². The monoisotopic (exact) mass is 430 g/mol. The van der Waals surface area contributed by atoms with Gasteiger partial charge in [-0.2, -0.15) is 0 Å². The Bertz CT molecular complexity index is 914. The number of nitrogens with one attached hydrogen (secondary N) is 3. The Morgan fingerprint density at radius 3 is 2.50 bits per heavy atom. The van der Waals surface area contributed by atoms with Gasteiger partial charge in [-0.3, -0.25) is 10.1 Å². The van der Waals surface area contributed by atoms with E-state index in [4.69, 9.17) is 0 Å².